The molecule has 0 saturated carbocycles. The van der Waals surface area contributed by atoms with Crippen LogP contribution in [0.4, 0.5) is 13.2 Å². The molecule has 0 N–H and O–H groups in total. The number of benzene rings is 7. The summed E-state index contributed by atoms with van der Waals surface area (Å²) in [5.41, 5.74) is 8.80. The molecular weight excluding hydrogens is 678 g/mol. The van der Waals surface area contributed by atoms with Gasteiger partial charge in [-0.05, 0) is 91.7 Å². The second kappa shape index (κ2) is 12.3. The van der Waals surface area contributed by atoms with Gasteiger partial charge >= 0.3 is 6.18 Å². The first-order chi connectivity index (χ1) is 26.1. The van der Waals surface area contributed by atoms with Crippen molar-refractivity contribution in [2.45, 2.75) is 20.0 Å². The summed E-state index contributed by atoms with van der Waals surface area (Å²) in [4.78, 5) is 0. The fraction of sp³-hybridized carbons (Fsp3) is 0.0638. The number of fused-ring (bicyclic) bond motifs is 6. The van der Waals surface area contributed by atoms with Gasteiger partial charge in [-0.15, -0.1) is 0 Å². The smallest absolute Gasteiger partial charge is 0.309 e. The van der Waals surface area contributed by atoms with E-state index < -0.39 is 11.7 Å². The molecule has 258 valence electrons. The van der Waals surface area contributed by atoms with Crippen molar-refractivity contribution in [1.82, 2.24) is 9.13 Å². The van der Waals surface area contributed by atoms with Crippen LogP contribution in [0.25, 0.3) is 77.2 Å². The molecule has 0 aliphatic carbocycles. The van der Waals surface area contributed by atoms with Gasteiger partial charge in [0.25, 0.3) is 0 Å². The third-order valence-corrected chi connectivity index (χ3v) is 10.3. The molecule has 0 radical (unpaired) electrons. The third-order valence-electron chi connectivity index (χ3n) is 10.3. The van der Waals surface area contributed by atoms with Gasteiger partial charge in [-0.1, -0.05) is 83.9 Å². The van der Waals surface area contributed by atoms with Gasteiger partial charge in [-0.2, -0.15) is 23.7 Å². The minimum absolute atomic E-state index is 0.0243. The van der Waals surface area contributed by atoms with Gasteiger partial charge in [0.1, 0.15) is 0 Å². The zero-order chi connectivity index (χ0) is 37.3. The van der Waals surface area contributed by atoms with Gasteiger partial charge in [0, 0.05) is 32.7 Å². The Balaban J connectivity index is 1.42. The van der Waals surface area contributed by atoms with Gasteiger partial charge < -0.3 is 9.13 Å². The molecule has 0 fully saturated rings. The monoisotopic (exact) mass is 706 g/mol. The molecule has 4 nitrogen and oxygen atoms in total. The number of hydrogen-bond donors (Lipinski definition) is 0. The maximum Gasteiger partial charge on any atom is 0.417 e. The topological polar surface area (TPSA) is 57.4 Å². The van der Waals surface area contributed by atoms with Crippen LogP contribution in [-0.4, -0.2) is 9.13 Å². The molecule has 9 aromatic rings. The molecule has 0 aliphatic heterocycles. The molecule has 54 heavy (non-hydrogen) atoms. The number of rotatable bonds is 4. The fourth-order valence-corrected chi connectivity index (χ4v) is 7.92. The molecule has 0 spiro atoms. The summed E-state index contributed by atoms with van der Waals surface area (Å²) >= 11 is 0. The molecular formula is C47H29F3N4. The van der Waals surface area contributed by atoms with E-state index in [1.807, 2.05) is 73.7 Å². The van der Waals surface area contributed by atoms with Crippen molar-refractivity contribution >= 4 is 43.6 Å². The highest BCUT2D eigenvalue weighted by molar-refractivity contribution is 6.12. The van der Waals surface area contributed by atoms with Crippen LogP contribution < -0.4 is 0 Å². The van der Waals surface area contributed by atoms with E-state index in [1.54, 1.807) is 12.1 Å². The Labute approximate surface area is 308 Å². The predicted molar refractivity (Wildman–Crippen MR) is 210 cm³/mol. The first-order valence-electron chi connectivity index (χ1n) is 17.5. The zero-order valence-electron chi connectivity index (χ0n) is 29.2. The van der Waals surface area contributed by atoms with E-state index in [-0.39, 0.29) is 11.1 Å². The number of aromatic nitrogens is 2. The summed E-state index contributed by atoms with van der Waals surface area (Å²) in [6, 6.07) is 47.7. The van der Waals surface area contributed by atoms with Gasteiger partial charge in [0.05, 0.1) is 62.3 Å². The molecule has 0 saturated heterocycles. The molecule has 0 amide bonds. The lowest BCUT2D eigenvalue weighted by atomic mass is 9.93. The number of nitrogens with zero attached hydrogens (tertiary/aromatic N) is 4. The molecule has 7 heteroatoms. The molecule has 0 unspecified atom stereocenters. The largest absolute Gasteiger partial charge is 0.417 e. The van der Waals surface area contributed by atoms with E-state index in [9.17, 15) is 23.7 Å². The van der Waals surface area contributed by atoms with Crippen LogP contribution in [0.5, 0.6) is 0 Å². The number of halogens is 3. The Hall–Kier alpha value is -7.09. The van der Waals surface area contributed by atoms with Gasteiger partial charge in [0.2, 0.25) is 0 Å². The van der Waals surface area contributed by atoms with Crippen LogP contribution in [0.1, 0.15) is 27.8 Å². The quantitative estimate of drug-likeness (QED) is 0.183. The maximum absolute atomic E-state index is 14.6. The average molecular weight is 707 g/mol. The summed E-state index contributed by atoms with van der Waals surface area (Å²) in [5, 5.41) is 23.8. The number of nitriles is 2. The highest BCUT2D eigenvalue weighted by atomic mass is 19.4. The first-order valence-corrected chi connectivity index (χ1v) is 17.5. The number of aryl methyl sites for hydroxylation is 2. The Kier molecular flexibility index (Phi) is 7.44. The van der Waals surface area contributed by atoms with E-state index in [1.165, 1.54) is 12.1 Å². The number of alkyl halides is 3. The summed E-state index contributed by atoms with van der Waals surface area (Å²) in [6.45, 7) is 4.10. The van der Waals surface area contributed by atoms with Crippen LogP contribution in [0.2, 0.25) is 0 Å². The Morgan fingerprint density at radius 1 is 0.463 bits per heavy atom. The predicted octanol–water partition coefficient (Wildman–Crippen LogP) is 12.6. The minimum atomic E-state index is -4.69. The highest BCUT2D eigenvalue weighted by Crippen LogP contribution is 2.44. The summed E-state index contributed by atoms with van der Waals surface area (Å²) in [7, 11) is 0. The fourth-order valence-electron chi connectivity index (χ4n) is 7.92. The lowest BCUT2D eigenvalue weighted by molar-refractivity contribution is -0.137. The Bertz CT molecular complexity index is 3090. The van der Waals surface area contributed by atoms with E-state index >= 15 is 0 Å². The second-order valence-corrected chi connectivity index (χ2v) is 13.7. The highest BCUT2D eigenvalue weighted by Gasteiger charge is 2.34. The molecule has 2 heterocycles. The molecule has 0 bridgehead atoms. The van der Waals surface area contributed by atoms with Crippen LogP contribution in [0.3, 0.4) is 0 Å². The van der Waals surface area contributed by atoms with Crippen molar-refractivity contribution in [3.8, 4) is 45.8 Å². The standard InChI is InChI=1S/C47H29F3N4/c1-28-11-19-43-38(21-28)34-7-3-5-9-41(34)53(43)45-24-31(27-52)14-17-36(45)37-18-15-32(33-16-13-30(26-51)23-40(33)47(48,49)50)25-46(37)54-42-10-6-4-8-35(42)39-22-29(2)12-20-44(39)54/h3-25H,1-2H3. The van der Waals surface area contributed by atoms with E-state index in [0.717, 1.165) is 77.6 Å². The second-order valence-electron chi connectivity index (χ2n) is 13.7. The van der Waals surface area contributed by atoms with Gasteiger partial charge in [-0.3, -0.25) is 0 Å². The SMILES string of the molecule is Cc1ccc2c(c1)c1ccccc1n2-c1cc(C#N)ccc1-c1ccc(-c2ccc(C#N)cc2C(F)(F)F)cc1-n1c2ccccc2c2cc(C)ccc21. The molecule has 2 aromatic heterocycles. The van der Waals surface area contributed by atoms with Crippen molar-refractivity contribution in [3.05, 3.63) is 167 Å². The van der Waals surface area contributed by atoms with E-state index in [2.05, 4.69) is 70.7 Å². The van der Waals surface area contributed by atoms with Crippen molar-refractivity contribution in [2.24, 2.45) is 0 Å². The van der Waals surface area contributed by atoms with Crippen molar-refractivity contribution in [2.75, 3.05) is 0 Å². The third kappa shape index (κ3) is 5.13. The zero-order valence-corrected chi connectivity index (χ0v) is 29.2. The van der Waals surface area contributed by atoms with Crippen molar-refractivity contribution in [3.63, 3.8) is 0 Å². The summed E-state index contributed by atoms with van der Waals surface area (Å²) in [6.07, 6.45) is -4.69. The lowest BCUT2D eigenvalue weighted by Crippen LogP contribution is -2.08. The Morgan fingerprint density at radius 2 is 0.926 bits per heavy atom. The molecule has 0 aliphatic rings. The van der Waals surface area contributed by atoms with Crippen LogP contribution in [0.15, 0.2) is 140 Å². The lowest BCUT2D eigenvalue weighted by Gasteiger charge is -2.21. The normalized spacial score (nSPS) is 11.8. The number of para-hydroxylation sites is 2. The van der Waals surface area contributed by atoms with E-state index in [0.29, 0.717) is 16.8 Å². The van der Waals surface area contributed by atoms with E-state index in [4.69, 9.17) is 0 Å². The minimum Gasteiger partial charge on any atom is -0.309 e. The molecule has 7 aromatic carbocycles. The van der Waals surface area contributed by atoms with Crippen LogP contribution in [-0.2, 0) is 6.18 Å². The number of hydrogen-bond acceptors (Lipinski definition) is 2. The Morgan fingerprint density at radius 3 is 1.46 bits per heavy atom. The molecule has 9 rings (SSSR count). The van der Waals surface area contributed by atoms with Gasteiger partial charge in [-0.25, -0.2) is 0 Å². The first kappa shape index (κ1) is 32.8. The van der Waals surface area contributed by atoms with Crippen molar-refractivity contribution < 1.29 is 13.2 Å². The molecule has 0 atom stereocenters. The van der Waals surface area contributed by atoms with Crippen molar-refractivity contribution in [1.29, 1.82) is 10.5 Å². The van der Waals surface area contributed by atoms with Crippen LogP contribution >= 0.6 is 0 Å². The maximum atomic E-state index is 14.6. The van der Waals surface area contributed by atoms with Gasteiger partial charge in [0.15, 0.2) is 0 Å². The average Bonchev–Trinajstić information content (AvgIpc) is 3.68. The summed E-state index contributed by atoms with van der Waals surface area (Å²) in [5.74, 6) is 0. The van der Waals surface area contributed by atoms with Crippen LogP contribution in [0, 0.1) is 36.5 Å². The summed E-state index contributed by atoms with van der Waals surface area (Å²) < 4.78 is 48.2.